The minimum atomic E-state index is -0.799. The predicted octanol–water partition coefficient (Wildman–Crippen LogP) is 1.52. The first kappa shape index (κ1) is 12.1. The van der Waals surface area contributed by atoms with Crippen LogP contribution in [0, 0.1) is 0 Å². The van der Waals surface area contributed by atoms with E-state index in [4.69, 9.17) is 9.84 Å². The molecule has 0 unspecified atom stereocenters. The summed E-state index contributed by atoms with van der Waals surface area (Å²) >= 11 is 1.48. The van der Waals surface area contributed by atoms with Crippen LogP contribution < -0.4 is 0 Å². The van der Waals surface area contributed by atoms with Crippen molar-refractivity contribution < 1.29 is 14.6 Å². The molecule has 1 rings (SSSR count). The molecule has 1 aromatic rings. The molecule has 0 saturated carbocycles. The average Bonchev–Trinajstić information content (AvgIpc) is 2.56. The Balaban J connectivity index is 2.75. The molecule has 84 valence electrons. The number of rotatable bonds is 6. The highest BCUT2D eigenvalue weighted by Gasteiger charge is 2.12. The zero-order valence-electron chi connectivity index (χ0n) is 8.95. The normalized spacial score (nSPS) is 10.5. The Hall–Kier alpha value is -0.940. The molecule has 0 aliphatic carbocycles. The molecule has 0 atom stereocenters. The van der Waals surface area contributed by atoms with Crippen LogP contribution in [0.5, 0.6) is 0 Å². The fraction of sp³-hybridized carbons (Fsp3) is 0.600. The van der Waals surface area contributed by atoms with Crippen LogP contribution in [0.25, 0.3) is 0 Å². The second-order valence-electron chi connectivity index (χ2n) is 3.14. The summed E-state index contributed by atoms with van der Waals surface area (Å²) in [6, 6.07) is 0. The lowest BCUT2D eigenvalue weighted by Crippen LogP contribution is -2.00. The molecule has 0 fully saturated rings. The molecular weight excluding hydrogens is 214 g/mol. The third-order valence-electron chi connectivity index (χ3n) is 1.99. The molecule has 0 spiro atoms. The minimum Gasteiger partial charge on any atom is -0.481 e. The number of hydrogen-bond acceptors (Lipinski definition) is 4. The van der Waals surface area contributed by atoms with E-state index in [1.54, 1.807) is 7.11 Å². The molecule has 5 heteroatoms. The quantitative estimate of drug-likeness (QED) is 0.803. The summed E-state index contributed by atoms with van der Waals surface area (Å²) in [5.74, 6) is -0.799. The lowest BCUT2D eigenvalue weighted by Gasteiger charge is -1.93. The number of carboxylic acid groups (broad SMARTS) is 1. The van der Waals surface area contributed by atoms with Gasteiger partial charge < -0.3 is 9.84 Å². The van der Waals surface area contributed by atoms with E-state index in [9.17, 15) is 4.79 Å². The van der Waals surface area contributed by atoms with Gasteiger partial charge in [-0.3, -0.25) is 4.79 Å². The molecule has 0 aliphatic heterocycles. The van der Waals surface area contributed by atoms with Gasteiger partial charge in [-0.15, -0.1) is 11.3 Å². The van der Waals surface area contributed by atoms with Crippen LogP contribution in [0.1, 0.15) is 22.5 Å². The number of thiazole rings is 1. The number of aliphatic carboxylic acids is 1. The van der Waals surface area contributed by atoms with Crippen LogP contribution in [0.15, 0.2) is 0 Å². The van der Waals surface area contributed by atoms with Crippen molar-refractivity contribution in [2.24, 2.45) is 0 Å². The van der Waals surface area contributed by atoms with Crippen LogP contribution in [0.2, 0.25) is 0 Å². The van der Waals surface area contributed by atoms with Crippen molar-refractivity contribution in [2.45, 2.75) is 26.2 Å². The number of ether oxygens (including phenoxy) is 1. The van der Waals surface area contributed by atoms with Gasteiger partial charge in [0, 0.05) is 18.4 Å². The second kappa shape index (κ2) is 5.82. The third kappa shape index (κ3) is 3.60. The molecule has 0 radical (unpaired) electrons. The number of hydrogen-bond donors (Lipinski definition) is 1. The number of methoxy groups -OCH3 is 1. The summed E-state index contributed by atoms with van der Waals surface area (Å²) in [5, 5.41) is 9.69. The monoisotopic (exact) mass is 229 g/mol. The SMILES string of the molecule is CCc1nc(CCOC)sc1CC(=O)O. The van der Waals surface area contributed by atoms with E-state index in [0.717, 1.165) is 28.4 Å². The van der Waals surface area contributed by atoms with E-state index in [-0.39, 0.29) is 6.42 Å². The lowest BCUT2D eigenvalue weighted by molar-refractivity contribution is -0.136. The van der Waals surface area contributed by atoms with Crippen molar-refractivity contribution in [3.63, 3.8) is 0 Å². The van der Waals surface area contributed by atoms with Gasteiger partial charge in [0.2, 0.25) is 0 Å². The van der Waals surface area contributed by atoms with Crippen LogP contribution in [0.4, 0.5) is 0 Å². The summed E-state index contributed by atoms with van der Waals surface area (Å²) < 4.78 is 4.96. The van der Waals surface area contributed by atoms with Gasteiger partial charge in [0.15, 0.2) is 0 Å². The predicted molar refractivity (Wildman–Crippen MR) is 58.4 cm³/mol. The van der Waals surface area contributed by atoms with Crippen molar-refractivity contribution in [3.8, 4) is 0 Å². The topological polar surface area (TPSA) is 59.4 Å². The molecule has 1 N–H and O–H groups in total. The second-order valence-corrected chi connectivity index (χ2v) is 4.31. The Morgan fingerprint density at radius 1 is 1.60 bits per heavy atom. The Labute approximate surface area is 92.9 Å². The summed E-state index contributed by atoms with van der Waals surface area (Å²) in [7, 11) is 1.65. The van der Waals surface area contributed by atoms with Crippen LogP contribution in [-0.4, -0.2) is 29.8 Å². The highest BCUT2D eigenvalue weighted by molar-refractivity contribution is 7.11. The first-order valence-electron chi connectivity index (χ1n) is 4.85. The Morgan fingerprint density at radius 2 is 2.33 bits per heavy atom. The fourth-order valence-electron chi connectivity index (χ4n) is 1.28. The number of carbonyl (C=O) groups is 1. The van der Waals surface area contributed by atoms with Gasteiger partial charge in [-0.25, -0.2) is 4.98 Å². The highest BCUT2D eigenvalue weighted by Crippen LogP contribution is 2.20. The van der Waals surface area contributed by atoms with Crippen molar-refractivity contribution in [1.82, 2.24) is 4.98 Å². The lowest BCUT2D eigenvalue weighted by atomic mass is 10.2. The van der Waals surface area contributed by atoms with Crippen LogP contribution in [0.3, 0.4) is 0 Å². The molecule has 15 heavy (non-hydrogen) atoms. The number of nitrogens with zero attached hydrogens (tertiary/aromatic N) is 1. The van der Waals surface area contributed by atoms with E-state index < -0.39 is 5.97 Å². The molecule has 1 aromatic heterocycles. The van der Waals surface area contributed by atoms with Crippen molar-refractivity contribution in [3.05, 3.63) is 15.6 Å². The summed E-state index contributed by atoms with van der Waals surface area (Å²) in [5.41, 5.74) is 0.911. The van der Waals surface area contributed by atoms with Gasteiger partial charge in [-0.05, 0) is 6.42 Å². The third-order valence-corrected chi connectivity index (χ3v) is 3.15. The molecule has 0 amide bonds. The highest BCUT2D eigenvalue weighted by atomic mass is 32.1. The molecule has 0 saturated heterocycles. The first-order valence-corrected chi connectivity index (χ1v) is 5.67. The van der Waals surface area contributed by atoms with Gasteiger partial charge >= 0.3 is 5.97 Å². The number of aryl methyl sites for hydroxylation is 1. The fourth-order valence-corrected chi connectivity index (χ4v) is 2.41. The van der Waals surface area contributed by atoms with Crippen LogP contribution in [-0.2, 0) is 28.8 Å². The van der Waals surface area contributed by atoms with Gasteiger partial charge in [0.1, 0.15) is 0 Å². The summed E-state index contributed by atoms with van der Waals surface area (Å²) in [6.45, 7) is 2.61. The molecule has 0 aromatic carbocycles. The smallest absolute Gasteiger partial charge is 0.308 e. The van der Waals surface area contributed by atoms with E-state index >= 15 is 0 Å². The molecule has 0 bridgehead atoms. The summed E-state index contributed by atoms with van der Waals surface area (Å²) in [6.07, 6.45) is 1.62. The van der Waals surface area contributed by atoms with Gasteiger partial charge in [-0.1, -0.05) is 6.92 Å². The van der Waals surface area contributed by atoms with Gasteiger partial charge in [0.05, 0.1) is 23.7 Å². The molecule has 0 aliphatic rings. The van der Waals surface area contributed by atoms with E-state index in [1.807, 2.05) is 6.92 Å². The summed E-state index contributed by atoms with van der Waals surface area (Å²) in [4.78, 5) is 15.9. The zero-order chi connectivity index (χ0) is 11.3. The van der Waals surface area contributed by atoms with E-state index in [1.165, 1.54) is 11.3 Å². The van der Waals surface area contributed by atoms with Crippen molar-refractivity contribution in [1.29, 1.82) is 0 Å². The maximum atomic E-state index is 10.6. The Bertz CT molecular complexity index is 335. The maximum absolute atomic E-state index is 10.6. The van der Waals surface area contributed by atoms with E-state index in [2.05, 4.69) is 4.98 Å². The Kier molecular flexibility index (Phi) is 4.71. The van der Waals surface area contributed by atoms with Gasteiger partial charge in [0.25, 0.3) is 0 Å². The van der Waals surface area contributed by atoms with Crippen molar-refractivity contribution >= 4 is 17.3 Å². The Morgan fingerprint density at radius 3 is 2.87 bits per heavy atom. The molecule has 1 heterocycles. The number of aromatic nitrogens is 1. The molecule has 4 nitrogen and oxygen atoms in total. The van der Waals surface area contributed by atoms with Crippen LogP contribution >= 0.6 is 11.3 Å². The zero-order valence-corrected chi connectivity index (χ0v) is 9.76. The maximum Gasteiger partial charge on any atom is 0.308 e. The largest absolute Gasteiger partial charge is 0.481 e. The van der Waals surface area contributed by atoms with Gasteiger partial charge in [-0.2, -0.15) is 0 Å². The van der Waals surface area contributed by atoms with E-state index in [0.29, 0.717) is 6.61 Å². The molecular formula is C10H15NO3S. The number of carboxylic acids is 1. The van der Waals surface area contributed by atoms with Crippen molar-refractivity contribution in [2.75, 3.05) is 13.7 Å². The first-order chi connectivity index (χ1) is 7.17. The minimum absolute atomic E-state index is 0.0772. The average molecular weight is 229 g/mol. The standard InChI is InChI=1S/C10H15NO3S/c1-3-7-8(6-10(12)13)15-9(11-7)4-5-14-2/h3-6H2,1-2H3,(H,12,13).